The number of benzene rings is 4. The molecular weight excluding hydrogens is 374 g/mol. The smallest absolute Gasteiger partial charge is 0.395 e. The summed E-state index contributed by atoms with van der Waals surface area (Å²) in [7, 11) is 0. The number of fused-ring (bicyclic) bond motifs is 2. The SMILES string of the molecule is O=Cc1c(-c2ccc3c(c2)OC(F)(F)O3)cccc1-c1ccc2ccccc2c1. The molecule has 5 rings (SSSR count). The van der Waals surface area contributed by atoms with Crippen LogP contribution in [0.4, 0.5) is 8.78 Å². The number of rotatable bonds is 3. The average molecular weight is 388 g/mol. The summed E-state index contributed by atoms with van der Waals surface area (Å²) in [5.74, 6) is -0.0856. The molecule has 4 aromatic rings. The molecule has 142 valence electrons. The predicted octanol–water partition coefficient (Wildman–Crippen LogP) is 6.31. The summed E-state index contributed by atoms with van der Waals surface area (Å²) in [5.41, 5.74) is 3.38. The molecule has 0 fully saturated rings. The summed E-state index contributed by atoms with van der Waals surface area (Å²) in [5, 5.41) is 2.18. The Labute approximate surface area is 165 Å². The van der Waals surface area contributed by atoms with E-state index in [9.17, 15) is 13.6 Å². The monoisotopic (exact) mass is 388 g/mol. The van der Waals surface area contributed by atoms with E-state index in [0.29, 0.717) is 16.7 Å². The van der Waals surface area contributed by atoms with Crippen molar-refractivity contribution < 1.29 is 23.0 Å². The number of halogens is 2. The Bertz CT molecular complexity index is 1260. The minimum Gasteiger partial charge on any atom is -0.395 e. The van der Waals surface area contributed by atoms with E-state index in [1.807, 2.05) is 54.6 Å². The molecule has 1 aliphatic rings. The van der Waals surface area contributed by atoms with E-state index in [2.05, 4.69) is 9.47 Å². The zero-order valence-corrected chi connectivity index (χ0v) is 15.1. The van der Waals surface area contributed by atoms with Crippen molar-refractivity contribution in [3.63, 3.8) is 0 Å². The molecule has 0 saturated carbocycles. The van der Waals surface area contributed by atoms with Crippen molar-refractivity contribution in [3.8, 4) is 33.8 Å². The van der Waals surface area contributed by atoms with Crippen molar-refractivity contribution in [2.45, 2.75) is 6.29 Å². The van der Waals surface area contributed by atoms with Crippen LogP contribution in [0.2, 0.25) is 0 Å². The fraction of sp³-hybridized carbons (Fsp3) is 0.0417. The van der Waals surface area contributed by atoms with Gasteiger partial charge in [-0.15, -0.1) is 8.78 Å². The largest absolute Gasteiger partial charge is 0.586 e. The van der Waals surface area contributed by atoms with Gasteiger partial charge in [-0.3, -0.25) is 4.79 Å². The number of hydrogen-bond donors (Lipinski definition) is 0. The van der Waals surface area contributed by atoms with E-state index in [1.165, 1.54) is 12.1 Å². The van der Waals surface area contributed by atoms with Gasteiger partial charge >= 0.3 is 6.29 Å². The Morgan fingerprint density at radius 1 is 0.690 bits per heavy atom. The first-order chi connectivity index (χ1) is 14.0. The Balaban J connectivity index is 1.64. The number of aldehydes is 1. The van der Waals surface area contributed by atoms with Crippen LogP contribution in [0.15, 0.2) is 78.9 Å². The second-order valence-electron chi connectivity index (χ2n) is 6.78. The first kappa shape index (κ1) is 17.4. The van der Waals surface area contributed by atoms with Gasteiger partial charge < -0.3 is 9.47 Å². The van der Waals surface area contributed by atoms with Gasteiger partial charge in [-0.1, -0.05) is 60.7 Å². The van der Waals surface area contributed by atoms with Gasteiger partial charge in [0.25, 0.3) is 0 Å². The highest BCUT2D eigenvalue weighted by molar-refractivity contribution is 5.98. The van der Waals surface area contributed by atoms with Crippen molar-refractivity contribution in [2.24, 2.45) is 0 Å². The van der Waals surface area contributed by atoms with E-state index in [-0.39, 0.29) is 11.5 Å². The van der Waals surface area contributed by atoms with Crippen LogP contribution in [0.5, 0.6) is 11.5 Å². The van der Waals surface area contributed by atoms with Crippen molar-refractivity contribution in [3.05, 3.63) is 84.4 Å². The van der Waals surface area contributed by atoms with Crippen LogP contribution in [0, 0.1) is 0 Å². The highest BCUT2D eigenvalue weighted by Crippen LogP contribution is 2.44. The highest BCUT2D eigenvalue weighted by atomic mass is 19.3. The number of hydrogen-bond acceptors (Lipinski definition) is 3. The van der Waals surface area contributed by atoms with Gasteiger partial charge in [0.15, 0.2) is 17.8 Å². The topological polar surface area (TPSA) is 35.5 Å². The molecule has 0 unspecified atom stereocenters. The van der Waals surface area contributed by atoms with Crippen LogP contribution in [-0.4, -0.2) is 12.6 Å². The van der Waals surface area contributed by atoms with Crippen LogP contribution in [0.25, 0.3) is 33.0 Å². The van der Waals surface area contributed by atoms with Crippen LogP contribution in [0.1, 0.15) is 10.4 Å². The predicted molar refractivity (Wildman–Crippen MR) is 106 cm³/mol. The maximum atomic E-state index is 13.3. The lowest BCUT2D eigenvalue weighted by atomic mass is 9.91. The maximum Gasteiger partial charge on any atom is 0.586 e. The first-order valence-corrected chi connectivity index (χ1v) is 9.02. The third-order valence-electron chi connectivity index (χ3n) is 5.00. The van der Waals surface area contributed by atoms with Gasteiger partial charge in [0, 0.05) is 5.56 Å². The Morgan fingerprint density at radius 2 is 1.34 bits per heavy atom. The molecule has 1 heterocycles. The molecule has 29 heavy (non-hydrogen) atoms. The average Bonchev–Trinajstić information content (AvgIpc) is 3.05. The van der Waals surface area contributed by atoms with Crippen LogP contribution >= 0.6 is 0 Å². The maximum absolute atomic E-state index is 13.3. The summed E-state index contributed by atoms with van der Waals surface area (Å²) in [6, 6.07) is 24.0. The summed E-state index contributed by atoms with van der Waals surface area (Å²) < 4.78 is 35.7. The van der Waals surface area contributed by atoms with Crippen LogP contribution < -0.4 is 9.47 Å². The van der Waals surface area contributed by atoms with E-state index >= 15 is 0 Å². The lowest BCUT2D eigenvalue weighted by molar-refractivity contribution is -0.286. The van der Waals surface area contributed by atoms with Crippen LogP contribution in [-0.2, 0) is 0 Å². The van der Waals surface area contributed by atoms with Crippen molar-refractivity contribution in [1.82, 2.24) is 0 Å². The highest BCUT2D eigenvalue weighted by Gasteiger charge is 2.43. The van der Waals surface area contributed by atoms with Crippen molar-refractivity contribution >= 4 is 17.1 Å². The number of ether oxygens (including phenoxy) is 2. The molecule has 5 heteroatoms. The number of carbonyl (C=O) groups excluding carboxylic acids is 1. The molecular formula is C24H14F2O3. The third kappa shape index (κ3) is 3.01. The van der Waals surface area contributed by atoms with Gasteiger partial charge in [-0.2, -0.15) is 0 Å². The van der Waals surface area contributed by atoms with E-state index < -0.39 is 6.29 Å². The summed E-state index contributed by atoms with van der Waals surface area (Å²) in [4.78, 5) is 12.0. The minimum atomic E-state index is -3.68. The molecule has 0 atom stereocenters. The Hall–Kier alpha value is -3.73. The van der Waals surface area contributed by atoms with Crippen molar-refractivity contribution in [2.75, 3.05) is 0 Å². The quantitative estimate of drug-likeness (QED) is 0.386. The second-order valence-corrected chi connectivity index (χ2v) is 6.78. The molecule has 3 nitrogen and oxygen atoms in total. The molecule has 0 saturated heterocycles. The van der Waals surface area contributed by atoms with E-state index in [1.54, 1.807) is 12.1 Å². The molecule has 1 aliphatic heterocycles. The van der Waals surface area contributed by atoms with Crippen molar-refractivity contribution in [1.29, 1.82) is 0 Å². The minimum absolute atomic E-state index is 0.0305. The van der Waals surface area contributed by atoms with E-state index in [0.717, 1.165) is 28.2 Å². The van der Waals surface area contributed by atoms with Gasteiger partial charge in [0.1, 0.15) is 0 Å². The number of alkyl halides is 2. The Morgan fingerprint density at radius 3 is 2.10 bits per heavy atom. The van der Waals surface area contributed by atoms with Crippen LogP contribution in [0.3, 0.4) is 0 Å². The molecule has 0 aliphatic carbocycles. The summed E-state index contributed by atoms with van der Waals surface area (Å²) in [6.07, 6.45) is -2.89. The summed E-state index contributed by atoms with van der Waals surface area (Å²) in [6.45, 7) is 0. The number of carbonyl (C=O) groups is 1. The zero-order chi connectivity index (χ0) is 20.0. The standard InChI is InChI=1S/C24H14F2O3/c25-24(26)28-22-11-10-18(13-23(22)29-24)20-7-3-6-19(21(20)14-27)17-9-8-15-4-1-2-5-16(15)12-17/h1-14H. The third-order valence-corrected chi connectivity index (χ3v) is 5.00. The Kier molecular flexibility index (Phi) is 3.84. The van der Waals surface area contributed by atoms with E-state index in [4.69, 9.17) is 0 Å². The zero-order valence-electron chi connectivity index (χ0n) is 15.1. The van der Waals surface area contributed by atoms with Gasteiger partial charge in [0.05, 0.1) is 0 Å². The molecule has 0 amide bonds. The molecule has 0 radical (unpaired) electrons. The lowest BCUT2D eigenvalue weighted by Gasteiger charge is -2.12. The van der Waals surface area contributed by atoms with Gasteiger partial charge in [-0.05, 0) is 51.2 Å². The fourth-order valence-electron chi connectivity index (χ4n) is 3.67. The molecule has 0 aromatic heterocycles. The molecule has 0 spiro atoms. The molecule has 0 N–H and O–H groups in total. The molecule has 0 bridgehead atoms. The van der Waals surface area contributed by atoms with Gasteiger partial charge in [0.2, 0.25) is 0 Å². The fourth-order valence-corrected chi connectivity index (χ4v) is 3.67. The lowest BCUT2D eigenvalue weighted by Crippen LogP contribution is -2.25. The normalized spacial score (nSPS) is 14.1. The second kappa shape index (κ2) is 6.41. The molecule has 4 aromatic carbocycles. The van der Waals surface area contributed by atoms with Gasteiger partial charge in [-0.25, -0.2) is 0 Å². The first-order valence-electron chi connectivity index (χ1n) is 9.02. The summed E-state index contributed by atoms with van der Waals surface area (Å²) >= 11 is 0.